The van der Waals surface area contributed by atoms with E-state index >= 15 is 4.39 Å². The summed E-state index contributed by atoms with van der Waals surface area (Å²) in [6.07, 6.45) is 6.84. The van der Waals surface area contributed by atoms with Crippen molar-refractivity contribution in [3.63, 3.8) is 0 Å². The number of ether oxygens (including phenoxy) is 4. The number of hydrogen-bond donors (Lipinski definition) is 0. The van der Waals surface area contributed by atoms with Crippen LogP contribution in [0, 0.1) is 5.82 Å². The lowest BCUT2D eigenvalue weighted by atomic mass is 10.0. The van der Waals surface area contributed by atoms with Crippen molar-refractivity contribution < 1.29 is 28.1 Å². The number of Topliss-reactive ketones (excluding diaryl/α,β-unsaturated/α-hetero) is 1. The molecule has 12 heteroatoms. The van der Waals surface area contributed by atoms with Crippen LogP contribution in [0.4, 0.5) is 4.39 Å². The Morgan fingerprint density at radius 2 is 1.85 bits per heavy atom. The van der Waals surface area contributed by atoms with Crippen LogP contribution in [-0.4, -0.2) is 76.8 Å². The van der Waals surface area contributed by atoms with Crippen LogP contribution in [0.15, 0.2) is 84.3 Å². The summed E-state index contributed by atoms with van der Waals surface area (Å²) < 4.78 is 39.7. The van der Waals surface area contributed by atoms with Crippen LogP contribution in [0.25, 0.3) is 10.9 Å². The summed E-state index contributed by atoms with van der Waals surface area (Å²) in [6.45, 7) is 5.00. The minimum absolute atomic E-state index is 0.0138. The molecule has 4 heterocycles. The van der Waals surface area contributed by atoms with Gasteiger partial charge in [-0.1, -0.05) is 6.07 Å². The second kappa shape index (κ2) is 14.9. The highest BCUT2D eigenvalue weighted by atomic mass is 19.1. The minimum atomic E-state index is -0.651. The first-order valence-electron chi connectivity index (χ1n) is 15.3. The predicted octanol–water partition coefficient (Wildman–Crippen LogP) is 4.70. The van der Waals surface area contributed by atoms with Gasteiger partial charge in [0.05, 0.1) is 50.2 Å². The Kier molecular flexibility index (Phi) is 10.1. The number of morpholine rings is 1. The van der Waals surface area contributed by atoms with E-state index in [-0.39, 0.29) is 24.3 Å². The van der Waals surface area contributed by atoms with Gasteiger partial charge in [-0.2, -0.15) is 0 Å². The Balaban J connectivity index is 1.13. The number of nitrogens with zero attached hydrogens (tertiary/aromatic N) is 5. The van der Waals surface area contributed by atoms with Crippen molar-refractivity contribution in [1.29, 1.82) is 0 Å². The van der Waals surface area contributed by atoms with Crippen molar-refractivity contribution in [2.24, 2.45) is 0 Å². The third-order valence-electron chi connectivity index (χ3n) is 7.84. The highest BCUT2D eigenvalue weighted by Gasteiger charge is 2.17. The van der Waals surface area contributed by atoms with Gasteiger partial charge in [0, 0.05) is 56.1 Å². The van der Waals surface area contributed by atoms with Gasteiger partial charge in [0.2, 0.25) is 0 Å². The highest BCUT2D eigenvalue weighted by Crippen LogP contribution is 2.37. The molecule has 0 unspecified atom stereocenters. The molecule has 5 aromatic rings. The second-order valence-electron chi connectivity index (χ2n) is 11.0. The zero-order valence-corrected chi connectivity index (χ0v) is 25.9. The highest BCUT2D eigenvalue weighted by molar-refractivity contribution is 5.97. The van der Waals surface area contributed by atoms with Crippen molar-refractivity contribution in [3.8, 4) is 23.0 Å². The molecule has 0 saturated carbocycles. The first-order valence-corrected chi connectivity index (χ1v) is 15.3. The van der Waals surface area contributed by atoms with E-state index in [1.165, 1.54) is 29.1 Å². The van der Waals surface area contributed by atoms with Gasteiger partial charge in [-0.15, -0.1) is 0 Å². The number of methoxy groups -OCH3 is 1. The molecule has 2 aromatic carbocycles. The molecule has 0 bridgehead atoms. The molecule has 6 rings (SSSR count). The Labute approximate surface area is 270 Å². The summed E-state index contributed by atoms with van der Waals surface area (Å²) in [7, 11) is 1.56. The number of ketones is 1. The average Bonchev–Trinajstić information content (AvgIpc) is 3.09. The first-order chi connectivity index (χ1) is 23.0. The Hall–Kier alpha value is -5.20. The van der Waals surface area contributed by atoms with E-state index in [9.17, 15) is 9.59 Å². The van der Waals surface area contributed by atoms with Gasteiger partial charge in [0.25, 0.3) is 5.56 Å². The molecular formula is C35H34FN5O6. The fraction of sp³-hybridized carbons (Fsp3) is 0.286. The number of aromatic nitrogens is 4. The van der Waals surface area contributed by atoms with Gasteiger partial charge in [-0.3, -0.25) is 19.5 Å². The molecule has 1 aliphatic rings. The fourth-order valence-electron chi connectivity index (χ4n) is 5.38. The van der Waals surface area contributed by atoms with Crippen molar-refractivity contribution in [3.05, 3.63) is 113 Å². The van der Waals surface area contributed by atoms with Crippen LogP contribution in [0.3, 0.4) is 0 Å². The smallest absolute Gasteiger partial charge is 0.261 e. The van der Waals surface area contributed by atoms with E-state index in [2.05, 4.69) is 19.9 Å². The normalized spacial score (nSPS) is 13.4. The minimum Gasteiger partial charge on any atom is -0.493 e. The topological polar surface area (TPSA) is 118 Å². The summed E-state index contributed by atoms with van der Waals surface area (Å²) in [5.41, 5.74) is 1.20. The molecule has 0 aliphatic carbocycles. The third kappa shape index (κ3) is 7.79. The molecule has 242 valence electrons. The third-order valence-corrected chi connectivity index (χ3v) is 7.84. The van der Waals surface area contributed by atoms with Crippen LogP contribution in [-0.2, 0) is 17.7 Å². The first kappa shape index (κ1) is 31.8. The summed E-state index contributed by atoms with van der Waals surface area (Å²) >= 11 is 0. The standard InChI is InChI=1S/C35H34FN5O6/c1-44-33-20-27-29(21-34(33)46-15-3-11-40-13-16-45-17-14-40)38-10-8-31(27)47-32-6-5-24(18-28(32)36)19-30(42)26-4-2-12-41(35(26)43)22-25-7-9-37-23-39-25/h2,4-10,12,18,20-21,23H,3,11,13-17,19,22H2,1H3. The summed E-state index contributed by atoms with van der Waals surface area (Å²) in [4.78, 5) is 40.9. The van der Waals surface area contributed by atoms with Gasteiger partial charge < -0.3 is 23.5 Å². The van der Waals surface area contributed by atoms with Crippen LogP contribution in [0.2, 0.25) is 0 Å². The lowest BCUT2D eigenvalue weighted by Gasteiger charge is -2.26. The average molecular weight is 640 g/mol. The van der Waals surface area contributed by atoms with Crippen LogP contribution >= 0.6 is 0 Å². The van der Waals surface area contributed by atoms with E-state index < -0.39 is 17.2 Å². The van der Waals surface area contributed by atoms with Gasteiger partial charge in [-0.25, -0.2) is 14.4 Å². The Bertz CT molecular complexity index is 1910. The molecule has 0 N–H and O–H groups in total. The summed E-state index contributed by atoms with van der Waals surface area (Å²) in [6, 6.07) is 14.3. The summed E-state index contributed by atoms with van der Waals surface area (Å²) in [5.74, 6) is 0.346. The molecule has 0 amide bonds. The zero-order valence-electron chi connectivity index (χ0n) is 25.9. The Morgan fingerprint density at radius 3 is 2.64 bits per heavy atom. The fourth-order valence-corrected chi connectivity index (χ4v) is 5.38. The van der Waals surface area contributed by atoms with Gasteiger partial charge in [-0.05, 0) is 54.4 Å². The number of carbonyl (C=O) groups excluding carboxylic acids is 1. The molecule has 0 atom stereocenters. The van der Waals surface area contributed by atoms with Crippen LogP contribution < -0.4 is 19.8 Å². The molecule has 11 nitrogen and oxygen atoms in total. The Morgan fingerprint density at radius 1 is 0.979 bits per heavy atom. The molecule has 0 spiro atoms. The largest absolute Gasteiger partial charge is 0.493 e. The molecule has 1 fully saturated rings. The van der Waals surface area contributed by atoms with Crippen LogP contribution in [0.1, 0.15) is 28.0 Å². The second-order valence-corrected chi connectivity index (χ2v) is 11.0. The molecule has 0 radical (unpaired) electrons. The lowest BCUT2D eigenvalue weighted by molar-refractivity contribution is 0.0357. The van der Waals surface area contributed by atoms with E-state index in [0.717, 1.165) is 39.3 Å². The van der Waals surface area contributed by atoms with Crippen molar-refractivity contribution in [2.45, 2.75) is 19.4 Å². The number of rotatable bonds is 13. The molecule has 1 saturated heterocycles. The van der Waals surface area contributed by atoms with Gasteiger partial charge >= 0.3 is 0 Å². The maximum absolute atomic E-state index is 15.3. The quantitative estimate of drug-likeness (QED) is 0.133. The molecule has 1 aliphatic heterocycles. The number of halogens is 1. The molecule has 47 heavy (non-hydrogen) atoms. The monoisotopic (exact) mass is 639 g/mol. The SMILES string of the molecule is COc1cc2c(Oc3ccc(CC(=O)c4cccn(Cc5ccncn5)c4=O)cc3F)ccnc2cc1OCCCN1CCOCC1. The maximum Gasteiger partial charge on any atom is 0.261 e. The number of benzene rings is 2. The number of pyridine rings is 2. The van der Waals surface area contributed by atoms with Crippen molar-refractivity contribution >= 4 is 16.7 Å². The molecule has 3 aromatic heterocycles. The lowest BCUT2D eigenvalue weighted by Crippen LogP contribution is -2.37. The van der Waals surface area contributed by atoms with Gasteiger partial charge in [0.1, 0.15) is 12.1 Å². The summed E-state index contributed by atoms with van der Waals surface area (Å²) in [5, 5.41) is 0.617. The zero-order chi connectivity index (χ0) is 32.6. The predicted molar refractivity (Wildman–Crippen MR) is 172 cm³/mol. The van der Waals surface area contributed by atoms with Crippen LogP contribution in [0.5, 0.6) is 23.0 Å². The van der Waals surface area contributed by atoms with E-state index in [1.807, 2.05) is 0 Å². The number of fused-ring (bicyclic) bond motifs is 1. The maximum atomic E-state index is 15.3. The number of hydrogen-bond acceptors (Lipinski definition) is 10. The number of carbonyl (C=O) groups is 1. The van der Waals surface area contributed by atoms with Crippen molar-refractivity contribution in [2.75, 3.05) is 46.6 Å². The van der Waals surface area contributed by atoms with E-state index in [1.54, 1.807) is 62.1 Å². The van der Waals surface area contributed by atoms with E-state index in [4.69, 9.17) is 18.9 Å². The van der Waals surface area contributed by atoms with Crippen molar-refractivity contribution in [1.82, 2.24) is 24.4 Å². The molecular weight excluding hydrogens is 605 g/mol. The van der Waals surface area contributed by atoms with E-state index in [0.29, 0.717) is 46.0 Å². The van der Waals surface area contributed by atoms with Gasteiger partial charge in [0.15, 0.2) is 28.8 Å².